The number of aryl methyl sites for hydroxylation is 7. The van der Waals surface area contributed by atoms with Crippen LogP contribution in [-0.2, 0) is 6.42 Å². The van der Waals surface area contributed by atoms with Gasteiger partial charge in [-0.2, -0.15) is 9.13 Å². The van der Waals surface area contributed by atoms with Crippen LogP contribution in [0.1, 0.15) is 69.4 Å². The molecule has 4 heteroatoms. The Morgan fingerprint density at radius 2 is 1.52 bits per heavy atom. The molecule has 0 saturated heterocycles. The lowest BCUT2D eigenvalue weighted by Crippen LogP contribution is -2.49. The highest BCUT2D eigenvalue weighted by molar-refractivity contribution is 6.09. The van der Waals surface area contributed by atoms with Crippen molar-refractivity contribution in [2.75, 3.05) is 0 Å². The quantitative estimate of drug-likeness (QED) is 0.165. The van der Waals surface area contributed by atoms with Crippen LogP contribution in [0.5, 0.6) is 0 Å². The highest BCUT2D eigenvalue weighted by Crippen LogP contribution is 2.46. The first kappa shape index (κ1) is 30.7. The molecule has 2 atom stereocenters. The summed E-state index contributed by atoms with van der Waals surface area (Å²) in [6, 6.07) is 31.7. The second-order valence-corrected chi connectivity index (χ2v) is 14.8. The molecule has 0 spiro atoms. The summed E-state index contributed by atoms with van der Waals surface area (Å²) in [5, 5.41) is 2.14. The van der Waals surface area contributed by atoms with Crippen molar-refractivity contribution in [3.05, 3.63) is 142 Å². The summed E-state index contributed by atoms with van der Waals surface area (Å²) in [5.41, 5.74) is 20.0. The van der Waals surface area contributed by atoms with Crippen LogP contribution in [0, 0.1) is 41.5 Å². The molecule has 246 valence electrons. The molecule has 0 amide bonds. The predicted octanol–water partition coefficient (Wildman–Crippen LogP) is 10.6. The minimum Gasteiger partial charge on any atom is -0.437 e. The number of furan rings is 1. The molecule has 0 bridgehead atoms. The molecule has 2 aliphatic rings. The van der Waals surface area contributed by atoms with Gasteiger partial charge in [-0.3, -0.25) is 0 Å². The van der Waals surface area contributed by atoms with E-state index in [-0.39, 0.29) is 6.04 Å². The van der Waals surface area contributed by atoms with Gasteiger partial charge >= 0.3 is 0 Å². The molecule has 4 aromatic heterocycles. The molecular formula is C46H43N3O+2. The minimum atomic E-state index is 0.280. The van der Waals surface area contributed by atoms with Crippen LogP contribution in [0.2, 0.25) is 0 Å². The van der Waals surface area contributed by atoms with Crippen molar-refractivity contribution in [1.82, 2.24) is 4.98 Å². The lowest BCUT2D eigenvalue weighted by molar-refractivity contribution is -0.719. The Morgan fingerprint density at radius 3 is 2.34 bits per heavy atom. The second-order valence-electron chi connectivity index (χ2n) is 14.8. The summed E-state index contributed by atoms with van der Waals surface area (Å²) >= 11 is 0. The van der Waals surface area contributed by atoms with E-state index >= 15 is 0 Å². The third-order valence-electron chi connectivity index (χ3n) is 11.5. The Morgan fingerprint density at radius 1 is 0.740 bits per heavy atom. The van der Waals surface area contributed by atoms with E-state index in [0.717, 1.165) is 58.3 Å². The minimum absolute atomic E-state index is 0.280. The van der Waals surface area contributed by atoms with Crippen LogP contribution in [0.15, 0.2) is 102 Å². The van der Waals surface area contributed by atoms with E-state index in [9.17, 15) is 0 Å². The summed E-state index contributed by atoms with van der Waals surface area (Å²) in [6.45, 7) is 18.0. The first-order chi connectivity index (χ1) is 24.2. The Hall–Kier alpha value is -5.35. The van der Waals surface area contributed by atoms with E-state index < -0.39 is 0 Å². The molecule has 0 fully saturated rings. The van der Waals surface area contributed by atoms with Gasteiger partial charge in [0.05, 0.1) is 17.2 Å². The smallest absolute Gasteiger partial charge is 0.227 e. The fraction of sp³-hybridized carbons (Fsp3) is 0.239. The summed E-state index contributed by atoms with van der Waals surface area (Å²) in [5.74, 6) is 0.293. The third-order valence-corrected chi connectivity index (χ3v) is 11.5. The van der Waals surface area contributed by atoms with Crippen molar-refractivity contribution in [2.45, 2.75) is 72.8 Å². The highest BCUT2D eigenvalue weighted by atomic mass is 16.3. The van der Waals surface area contributed by atoms with Gasteiger partial charge in [-0.15, -0.1) is 0 Å². The predicted molar refractivity (Wildman–Crippen MR) is 203 cm³/mol. The lowest BCUT2D eigenvalue weighted by Gasteiger charge is -2.32. The molecule has 0 saturated carbocycles. The van der Waals surface area contributed by atoms with Gasteiger partial charge in [-0.05, 0) is 99.7 Å². The number of nitrogens with zero attached hydrogens (tertiary/aromatic N) is 3. The van der Waals surface area contributed by atoms with Crippen molar-refractivity contribution >= 4 is 27.8 Å². The Bertz CT molecular complexity index is 2550. The third kappa shape index (κ3) is 4.61. The summed E-state index contributed by atoms with van der Waals surface area (Å²) < 4.78 is 11.9. The van der Waals surface area contributed by atoms with E-state index in [1.807, 2.05) is 0 Å². The summed E-state index contributed by atoms with van der Waals surface area (Å²) in [4.78, 5) is 5.15. The molecule has 0 aliphatic carbocycles. The van der Waals surface area contributed by atoms with Crippen molar-refractivity contribution in [3.8, 4) is 33.8 Å². The summed E-state index contributed by atoms with van der Waals surface area (Å²) in [7, 11) is 0. The lowest BCUT2D eigenvalue weighted by atomic mass is 9.77. The van der Waals surface area contributed by atoms with Crippen LogP contribution in [-0.4, -0.2) is 4.98 Å². The maximum Gasteiger partial charge on any atom is 0.227 e. The molecule has 50 heavy (non-hydrogen) atoms. The Balaban J connectivity index is 1.27. The van der Waals surface area contributed by atoms with Gasteiger partial charge in [0.25, 0.3) is 0 Å². The molecule has 9 rings (SSSR count). The average Bonchev–Trinajstić information content (AvgIpc) is 3.46. The van der Waals surface area contributed by atoms with Gasteiger partial charge in [-0.1, -0.05) is 48.0 Å². The van der Waals surface area contributed by atoms with Gasteiger partial charge in [0.2, 0.25) is 17.1 Å². The normalized spacial score (nSPS) is 16.8. The van der Waals surface area contributed by atoms with Crippen molar-refractivity contribution in [3.63, 3.8) is 0 Å². The number of hydrogen-bond acceptors (Lipinski definition) is 2. The zero-order valence-electron chi connectivity index (χ0n) is 29.9. The van der Waals surface area contributed by atoms with Crippen LogP contribution >= 0.6 is 0 Å². The second kappa shape index (κ2) is 11.3. The molecule has 0 radical (unpaired) electrons. The van der Waals surface area contributed by atoms with Gasteiger partial charge in [0, 0.05) is 65.4 Å². The van der Waals surface area contributed by atoms with E-state index in [2.05, 4.69) is 142 Å². The van der Waals surface area contributed by atoms with E-state index in [1.165, 1.54) is 61.5 Å². The van der Waals surface area contributed by atoms with Gasteiger partial charge in [-0.25, -0.2) is 4.98 Å². The SMILES string of the molecule is C=C1CC2c3cc(C)ccc3-c3cc(C)c(C)c[n+]3C2CCc2ccc3c(oc4nc(-c5c(C)cccc5C)ccc43)c2-c2cccc(C)[n+]21. The molecular weight excluding hydrogens is 611 g/mol. The van der Waals surface area contributed by atoms with Crippen LogP contribution in [0.25, 0.3) is 61.5 Å². The molecule has 2 aliphatic heterocycles. The first-order valence-electron chi connectivity index (χ1n) is 17.9. The summed E-state index contributed by atoms with van der Waals surface area (Å²) in [6.07, 6.45) is 5.18. The molecule has 6 heterocycles. The number of rotatable bonds is 1. The van der Waals surface area contributed by atoms with Gasteiger partial charge in [0.1, 0.15) is 0 Å². The maximum absolute atomic E-state index is 6.89. The molecule has 3 aromatic carbocycles. The topological polar surface area (TPSA) is 33.8 Å². The number of aromatic nitrogens is 3. The molecule has 2 unspecified atom stereocenters. The van der Waals surface area contributed by atoms with Crippen LogP contribution in [0.4, 0.5) is 0 Å². The number of pyridine rings is 3. The van der Waals surface area contributed by atoms with Crippen molar-refractivity contribution < 1.29 is 13.6 Å². The number of benzene rings is 3. The number of hydrogen-bond donors (Lipinski definition) is 0. The van der Waals surface area contributed by atoms with E-state index in [0.29, 0.717) is 11.6 Å². The maximum atomic E-state index is 6.89. The van der Waals surface area contributed by atoms with Gasteiger partial charge < -0.3 is 4.42 Å². The fourth-order valence-electron chi connectivity index (χ4n) is 8.96. The highest BCUT2D eigenvalue weighted by Gasteiger charge is 2.43. The molecule has 0 N–H and O–H groups in total. The van der Waals surface area contributed by atoms with E-state index in [4.69, 9.17) is 16.0 Å². The molecule has 7 aromatic rings. The molecule has 4 nitrogen and oxygen atoms in total. The van der Waals surface area contributed by atoms with Gasteiger partial charge in [0.15, 0.2) is 29.2 Å². The first-order valence-corrected chi connectivity index (χ1v) is 17.9. The average molecular weight is 654 g/mol. The number of fused-ring (bicyclic) bond motifs is 13. The van der Waals surface area contributed by atoms with Crippen molar-refractivity contribution in [2.24, 2.45) is 0 Å². The van der Waals surface area contributed by atoms with Crippen molar-refractivity contribution in [1.29, 1.82) is 0 Å². The Labute approximate surface area is 294 Å². The zero-order chi connectivity index (χ0) is 34.4. The number of allylic oxidation sites excluding steroid dienone is 1. The van der Waals surface area contributed by atoms with Crippen LogP contribution < -0.4 is 9.13 Å². The van der Waals surface area contributed by atoms with E-state index in [1.54, 1.807) is 0 Å². The standard InChI is InChI=1S/C46H43N3O/c1-26-14-17-34-37(22-26)38-24-32(7)49-31(6)12-9-13-41(49)44-33(16-21-40(38)48-25-30(5)29(4)23-42(34)48)15-18-35-36-19-20-39(47-46(36)50-45(35)44)43-27(2)10-8-11-28(43)3/h8-15,17-20,22-23,25,38,40H,7,16,21,24H2,1-6H3/q+2. The largest absolute Gasteiger partial charge is 0.437 e. The Kier molecular flexibility index (Phi) is 6.96. The van der Waals surface area contributed by atoms with Crippen LogP contribution in [0.3, 0.4) is 0 Å². The zero-order valence-corrected chi connectivity index (χ0v) is 29.9. The monoisotopic (exact) mass is 653 g/mol. The fourth-order valence-corrected chi connectivity index (χ4v) is 8.96.